The number of rotatable bonds is 12. The van der Waals surface area contributed by atoms with Crippen LogP contribution in [0.4, 0.5) is 0 Å². The van der Waals surface area contributed by atoms with Crippen LogP contribution in [0.5, 0.6) is 0 Å². The van der Waals surface area contributed by atoms with Crippen molar-refractivity contribution < 1.29 is 15.9 Å². The molecule has 0 aromatic carbocycles. The van der Waals surface area contributed by atoms with Crippen molar-refractivity contribution in [1.82, 2.24) is 9.80 Å². The summed E-state index contributed by atoms with van der Waals surface area (Å²) in [4.78, 5) is 4.40. The molecule has 0 heterocycles. The summed E-state index contributed by atoms with van der Waals surface area (Å²) in [7, 11) is 18.4. The van der Waals surface area contributed by atoms with Crippen LogP contribution >= 0.6 is 34.9 Å². The van der Waals surface area contributed by atoms with Crippen molar-refractivity contribution in [2.75, 3.05) is 53.6 Å². The molecule has 2 nitrogen and oxygen atoms in total. The second-order valence-electron chi connectivity index (χ2n) is 9.28. The molecule has 192 valence electrons. The van der Waals surface area contributed by atoms with Crippen LogP contribution in [0, 0.1) is 0 Å². The zero-order valence-electron chi connectivity index (χ0n) is 22.3. The van der Waals surface area contributed by atoms with Crippen molar-refractivity contribution in [3.63, 3.8) is 0 Å². The molecule has 0 aliphatic heterocycles. The van der Waals surface area contributed by atoms with Crippen molar-refractivity contribution in [2.24, 2.45) is 0 Å². The predicted octanol–water partition coefficient (Wildman–Crippen LogP) is 8.18. The van der Waals surface area contributed by atoms with Gasteiger partial charge in [-0.05, 0) is 63.2 Å². The maximum atomic E-state index is 4.81. The Hall–Kier alpha value is 1.50. The number of nitrogens with zero attached hydrogens (tertiary/aromatic N) is 2. The third-order valence-corrected chi connectivity index (χ3v) is 11.1. The van der Waals surface area contributed by atoms with Crippen LogP contribution in [0.2, 0.25) is 0 Å². The van der Waals surface area contributed by atoms with Crippen molar-refractivity contribution >= 4 is 34.9 Å². The van der Waals surface area contributed by atoms with Crippen molar-refractivity contribution in [2.45, 2.75) is 78.0 Å². The van der Waals surface area contributed by atoms with Gasteiger partial charge in [-0.2, -0.15) is 0 Å². The molecule has 7 heteroatoms. The van der Waals surface area contributed by atoms with Crippen LogP contribution in [0.15, 0.2) is 24.3 Å². The Labute approximate surface area is 215 Å². The fraction of sp³-hybridized carbons (Fsp3) is 0.833. The van der Waals surface area contributed by atoms with E-state index in [9.17, 15) is 0 Å². The van der Waals surface area contributed by atoms with Gasteiger partial charge < -0.3 is 9.80 Å². The molecule has 0 fully saturated rings. The molecule has 0 rings (SSSR count). The van der Waals surface area contributed by atoms with Crippen LogP contribution < -0.4 is 0 Å². The van der Waals surface area contributed by atoms with Gasteiger partial charge in [-0.25, -0.2) is 0 Å². The third-order valence-electron chi connectivity index (χ3n) is 4.56. The zero-order valence-corrected chi connectivity index (χ0v) is 27.2. The molecule has 31 heavy (non-hydrogen) atoms. The zero-order chi connectivity index (χ0) is 25.0. The monoisotopic (exact) mass is 606 g/mol. The summed E-state index contributed by atoms with van der Waals surface area (Å²) in [6.07, 6.45) is 11.9. The van der Waals surface area contributed by atoms with Crippen LogP contribution in [0.25, 0.3) is 0 Å². The van der Waals surface area contributed by atoms with Crippen molar-refractivity contribution in [3.8, 4) is 0 Å². The topological polar surface area (TPSA) is 6.48 Å². The van der Waals surface area contributed by atoms with E-state index in [2.05, 4.69) is 118 Å². The van der Waals surface area contributed by atoms with Gasteiger partial charge in [-0.3, -0.25) is 0 Å². The van der Waals surface area contributed by atoms with Gasteiger partial charge in [-0.1, -0.05) is 95.5 Å². The molecule has 0 aromatic rings. The normalized spacial score (nSPS) is 12.5. The van der Waals surface area contributed by atoms with Crippen LogP contribution in [0.3, 0.4) is 0 Å². The average Bonchev–Trinajstić information content (AvgIpc) is 2.60. The average molecular weight is 608 g/mol. The number of hydrogen-bond donors (Lipinski definition) is 0. The SMILES string of the molecule is CC(C)P(CC=CCN(C)C)C(C)C.CC(C)P(CC=CCN(C)C)C(C)C.[Cl][Pd][Cl]. The molecule has 0 amide bonds. The Kier molecular flexibility index (Phi) is 29.4. The van der Waals surface area contributed by atoms with Gasteiger partial charge in [0.2, 0.25) is 0 Å². The summed E-state index contributed by atoms with van der Waals surface area (Å²) >= 11 is -0.106. The fourth-order valence-electron chi connectivity index (χ4n) is 3.00. The van der Waals surface area contributed by atoms with E-state index >= 15 is 0 Å². The first-order valence-electron chi connectivity index (χ1n) is 11.2. The molecule has 0 atom stereocenters. The van der Waals surface area contributed by atoms with E-state index in [1.165, 1.54) is 12.3 Å². The molecular weight excluding hydrogens is 556 g/mol. The minimum atomic E-state index is -0.106. The van der Waals surface area contributed by atoms with E-state index in [-0.39, 0.29) is 31.8 Å². The molecule has 0 spiro atoms. The van der Waals surface area contributed by atoms with Gasteiger partial charge in [0.05, 0.1) is 0 Å². The molecule has 0 aliphatic carbocycles. The third kappa shape index (κ3) is 27.6. The molecule has 0 aromatic heterocycles. The quantitative estimate of drug-likeness (QED) is 0.125. The van der Waals surface area contributed by atoms with E-state index in [1.54, 1.807) is 0 Å². The maximum absolute atomic E-state index is 4.81. The molecule has 0 bridgehead atoms. The van der Waals surface area contributed by atoms with Crippen LogP contribution in [-0.4, -0.2) is 86.0 Å². The Morgan fingerprint density at radius 3 is 0.968 bits per heavy atom. The minimum absolute atomic E-state index is 0.106. The molecule has 0 saturated carbocycles. The molecule has 0 aliphatic rings. The first-order valence-corrected chi connectivity index (χ1v) is 18.6. The molecular formula is C24H52Cl2N2P2Pd. The Morgan fingerprint density at radius 2 is 0.806 bits per heavy atom. The van der Waals surface area contributed by atoms with E-state index in [0.29, 0.717) is 0 Å². The first-order chi connectivity index (χ1) is 14.3. The summed E-state index contributed by atoms with van der Waals surface area (Å²) in [6, 6.07) is 0. The van der Waals surface area contributed by atoms with Crippen LogP contribution in [-0.2, 0) is 15.9 Å². The van der Waals surface area contributed by atoms with Gasteiger partial charge in [0.1, 0.15) is 0 Å². The van der Waals surface area contributed by atoms with E-state index in [1.807, 2.05) is 0 Å². The Balaban J connectivity index is -0.000000448. The summed E-state index contributed by atoms with van der Waals surface area (Å²) in [5.74, 6) is 0. The first kappa shape index (κ1) is 37.1. The summed E-state index contributed by atoms with van der Waals surface area (Å²) in [6.45, 7) is 21.0. The predicted molar refractivity (Wildman–Crippen MR) is 151 cm³/mol. The van der Waals surface area contributed by atoms with E-state index in [0.717, 1.165) is 35.7 Å². The van der Waals surface area contributed by atoms with Gasteiger partial charge in [0, 0.05) is 13.1 Å². The Morgan fingerprint density at radius 1 is 0.581 bits per heavy atom. The number of halogens is 2. The summed E-state index contributed by atoms with van der Waals surface area (Å²) in [5.41, 5.74) is 3.42. The van der Waals surface area contributed by atoms with Gasteiger partial charge in [0.15, 0.2) is 0 Å². The summed E-state index contributed by atoms with van der Waals surface area (Å²) in [5, 5.41) is 0. The van der Waals surface area contributed by atoms with E-state index < -0.39 is 0 Å². The standard InChI is InChI=1S/2C12H26NP.2ClH.Pd/c2*1-11(2)14(12(3)4)10-8-7-9-13(5)6;;;/h2*7-8,11-12H,9-10H2,1-6H3;2*1H;/q;;;;+2/p-2. The van der Waals surface area contributed by atoms with Gasteiger partial charge >= 0.3 is 35.0 Å². The Bertz CT molecular complexity index is 376. The molecule has 0 saturated heterocycles. The molecule has 0 N–H and O–H groups in total. The molecule has 0 unspecified atom stereocenters. The number of allylic oxidation sites excluding steroid dienone is 2. The molecule has 0 radical (unpaired) electrons. The van der Waals surface area contributed by atoms with E-state index in [4.69, 9.17) is 19.1 Å². The number of hydrogen-bond acceptors (Lipinski definition) is 2. The second-order valence-corrected chi connectivity index (χ2v) is 18.6. The summed E-state index contributed by atoms with van der Waals surface area (Å²) < 4.78 is 0. The van der Waals surface area contributed by atoms with Crippen molar-refractivity contribution in [3.05, 3.63) is 24.3 Å². The van der Waals surface area contributed by atoms with Crippen molar-refractivity contribution in [1.29, 1.82) is 0 Å². The van der Waals surface area contributed by atoms with Gasteiger partial charge in [0.25, 0.3) is 0 Å². The van der Waals surface area contributed by atoms with Gasteiger partial charge in [-0.15, -0.1) is 0 Å². The second kappa shape index (κ2) is 24.6. The fourth-order valence-corrected chi connectivity index (χ4v) is 7.86. The van der Waals surface area contributed by atoms with Crippen LogP contribution in [0.1, 0.15) is 55.4 Å². The number of likely N-dealkylation sites (N-methyl/N-ethyl adjacent to an activating group) is 2.